The second kappa shape index (κ2) is 7.19. The van der Waals surface area contributed by atoms with Crippen LogP contribution in [0.2, 0.25) is 10.0 Å². The number of nitrogens with one attached hydrogen (secondary N) is 1. The molecule has 29 heavy (non-hydrogen) atoms. The Morgan fingerprint density at radius 1 is 1.00 bits per heavy atom. The lowest BCUT2D eigenvalue weighted by atomic mass is 10.2. The molecule has 0 unspecified atom stereocenters. The summed E-state index contributed by atoms with van der Waals surface area (Å²) in [4.78, 5) is 17.6. The third-order valence-corrected chi connectivity index (χ3v) is 6.37. The number of rotatable bonds is 3. The van der Waals surface area contributed by atoms with E-state index in [-0.39, 0.29) is 5.91 Å². The monoisotopic (exact) mass is 438 g/mol. The van der Waals surface area contributed by atoms with Crippen LogP contribution < -0.4 is 5.32 Å². The highest BCUT2D eigenvalue weighted by molar-refractivity contribution is 7.21. The Morgan fingerprint density at radius 2 is 1.79 bits per heavy atom. The first kappa shape index (κ1) is 18.2. The number of halogens is 2. The molecule has 142 valence electrons. The highest BCUT2D eigenvalue weighted by Gasteiger charge is 2.18. The number of thiophene rings is 1. The molecule has 1 N–H and O–H groups in total. The van der Waals surface area contributed by atoms with Crippen LogP contribution in [0.3, 0.4) is 0 Å². The molecule has 2 aromatic heterocycles. The Balaban J connectivity index is 1.39. The Hall–Kier alpha value is -2.86. The van der Waals surface area contributed by atoms with Gasteiger partial charge in [0.05, 0.1) is 5.02 Å². The van der Waals surface area contributed by atoms with Gasteiger partial charge in [0.1, 0.15) is 10.4 Å². The van der Waals surface area contributed by atoms with Crippen molar-refractivity contribution in [1.29, 1.82) is 0 Å². The topological polar surface area (TPSA) is 55.1 Å². The van der Waals surface area contributed by atoms with Crippen LogP contribution in [0.15, 0.2) is 71.1 Å². The molecule has 0 aliphatic heterocycles. The molecule has 1 amide bonds. The lowest BCUT2D eigenvalue weighted by Crippen LogP contribution is -2.10. The van der Waals surface area contributed by atoms with E-state index in [0.29, 0.717) is 26.5 Å². The summed E-state index contributed by atoms with van der Waals surface area (Å²) in [6, 6.07) is 20.3. The van der Waals surface area contributed by atoms with Gasteiger partial charge in [0, 0.05) is 26.4 Å². The van der Waals surface area contributed by atoms with Gasteiger partial charge in [-0.15, -0.1) is 11.3 Å². The van der Waals surface area contributed by atoms with Crippen LogP contribution in [0, 0.1) is 0 Å². The lowest BCUT2D eigenvalue weighted by Gasteiger charge is -2.04. The summed E-state index contributed by atoms with van der Waals surface area (Å²) in [6.45, 7) is 0. The molecule has 0 saturated heterocycles. The van der Waals surface area contributed by atoms with Gasteiger partial charge in [-0.1, -0.05) is 41.4 Å². The second-order valence-corrected chi connectivity index (χ2v) is 8.27. The molecular weight excluding hydrogens is 427 g/mol. The Labute approximate surface area is 179 Å². The van der Waals surface area contributed by atoms with Crippen LogP contribution in [-0.2, 0) is 0 Å². The van der Waals surface area contributed by atoms with E-state index in [1.807, 2.05) is 42.5 Å². The van der Waals surface area contributed by atoms with Crippen LogP contribution in [0.4, 0.5) is 5.69 Å². The van der Waals surface area contributed by atoms with Gasteiger partial charge in [-0.05, 0) is 48.5 Å². The predicted molar refractivity (Wildman–Crippen MR) is 119 cm³/mol. The summed E-state index contributed by atoms with van der Waals surface area (Å²) < 4.78 is 6.65. The normalized spacial score (nSPS) is 11.2. The number of hydrogen-bond acceptors (Lipinski definition) is 4. The van der Waals surface area contributed by atoms with Gasteiger partial charge in [-0.3, -0.25) is 4.79 Å². The van der Waals surface area contributed by atoms with Crippen molar-refractivity contribution < 1.29 is 9.21 Å². The number of aromatic nitrogens is 1. The number of para-hydroxylation sites is 2. The van der Waals surface area contributed by atoms with Gasteiger partial charge in [-0.2, -0.15) is 0 Å². The van der Waals surface area contributed by atoms with Crippen molar-refractivity contribution in [1.82, 2.24) is 4.98 Å². The maximum absolute atomic E-state index is 12.7. The summed E-state index contributed by atoms with van der Waals surface area (Å²) in [5.41, 5.74) is 3.02. The molecule has 0 radical (unpaired) electrons. The fraction of sp³-hybridized carbons (Fsp3) is 0. The number of anilines is 1. The average Bonchev–Trinajstić information content (AvgIpc) is 3.29. The van der Waals surface area contributed by atoms with Gasteiger partial charge in [0.15, 0.2) is 5.58 Å². The number of fused-ring (bicyclic) bond motifs is 2. The number of nitrogens with zero attached hydrogens (tertiary/aromatic N) is 1. The molecule has 5 aromatic rings. The molecule has 0 saturated carbocycles. The first-order chi connectivity index (χ1) is 14.1. The quantitative estimate of drug-likeness (QED) is 0.322. The molecule has 0 aliphatic carbocycles. The fourth-order valence-corrected chi connectivity index (χ4v) is 4.75. The number of amides is 1. The van der Waals surface area contributed by atoms with Gasteiger partial charge in [0.2, 0.25) is 5.89 Å². The first-order valence-electron chi connectivity index (χ1n) is 8.73. The molecule has 3 aromatic carbocycles. The summed E-state index contributed by atoms with van der Waals surface area (Å²) >= 11 is 13.7. The Kier molecular flexibility index (Phi) is 4.51. The number of benzene rings is 3. The summed E-state index contributed by atoms with van der Waals surface area (Å²) in [6.07, 6.45) is 0. The molecule has 4 nitrogen and oxygen atoms in total. The van der Waals surface area contributed by atoms with Gasteiger partial charge in [-0.25, -0.2) is 4.98 Å². The van der Waals surface area contributed by atoms with Crippen LogP contribution in [-0.4, -0.2) is 10.9 Å². The van der Waals surface area contributed by atoms with Crippen molar-refractivity contribution in [3.63, 3.8) is 0 Å². The minimum Gasteiger partial charge on any atom is -0.436 e. The van der Waals surface area contributed by atoms with Crippen molar-refractivity contribution in [3.05, 3.63) is 81.7 Å². The molecular formula is C22H12Cl2N2O2S. The van der Waals surface area contributed by atoms with E-state index in [1.54, 1.807) is 24.3 Å². The highest BCUT2D eigenvalue weighted by atomic mass is 35.5. The zero-order valence-electron chi connectivity index (χ0n) is 14.8. The zero-order valence-corrected chi connectivity index (χ0v) is 17.1. The van der Waals surface area contributed by atoms with Gasteiger partial charge < -0.3 is 9.73 Å². The van der Waals surface area contributed by atoms with Crippen LogP contribution >= 0.6 is 34.5 Å². The SMILES string of the molecule is O=C(Nc1ccc(-c2nc3ccccc3o2)cc1)c1sc2cc(Cl)ccc2c1Cl. The molecule has 2 heterocycles. The summed E-state index contributed by atoms with van der Waals surface area (Å²) in [5, 5.41) is 4.74. The predicted octanol–water partition coefficient (Wildman–Crippen LogP) is 7.27. The minimum atomic E-state index is -0.262. The van der Waals surface area contributed by atoms with E-state index in [1.165, 1.54) is 11.3 Å². The van der Waals surface area contributed by atoms with E-state index in [4.69, 9.17) is 27.6 Å². The Bertz CT molecular complexity index is 1340. The van der Waals surface area contributed by atoms with Crippen LogP contribution in [0.1, 0.15) is 9.67 Å². The fourth-order valence-electron chi connectivity index (χ4n) is 3.06. The number of oxazole rings is 1. The molecule has 7 heteroatoms. The number of carbonyl (C=O) groups excluding carboxylic acids is 1. The molecule has 0 fully saturated rings. The standard InChI is InChI=1S/C22H12Cl2N2O2S/c23-13-7-10-15-18(11-13)29-20(19(15)24)21(27)25-14-8-5-12(6-9-14)22-26-16-3-1-2-4-17(16)28-22/h1-11H,(H,25,27). The molecule has 0 aliphatic rings. The van der Waals surface area contributed by atoms with Crippen molar-refractivity contribution in [2.45, 2.75) is 0 Å². The average molecular weight is 439 g/mol. The molecule has 0 bridgehead atoms. The second-order valence-electron chi connectivity index (χ2n) is 6.40. The maximum atomic E-state index is 12.7. The van der Waals surface area contributed by atoms with E-state index in [0.717, 1.165) is 26.7 Å². The van der Waals surface area contributed by atoms with Gasteiger partial charge in [0.25, 0.3) is 5.91 Å². The largest absolute Gasteiger partial charge is 0.436 e. The van der Waals surface area contributed by atoms with Crippen molar-refractivity contribution in [2.24, 2.45) is 0 Å². The van der Waals surface area contributed by atoms with E-state index in [2.05, 4.69) is 10.3 Å². The van der Waals surface area contributed by atoms with Crippen molar-refractivity contribution in [3.8, 4) is 11.5 Å². The zero-order chi connectivity index (χ0) is 20.0. The Morgan fingerprint density at radius 3 is 2.59 bits per heavy atom. The van der Waals surface area contributed by atoms with E-state index >= 15 is 0 Å². The van der Waals surface area contributed by atoms with Crippen LogP contribution in [0.5, 0.6) is 0 Å². The smallest absolute Gasteiger partial charge is 0.267 e. The lowest BCUT2D eigenvalue weighted by molar-refractivity contribution is 0.103. The third kappa shape index (κ3) is 3.38. The number of carbonyl (C=O) groups is 1. The highest BCUT2D eigenvalue weighted by Crippen LogP contribution is 2.37. The minimum absolute atomic E-state index is 0.262. The van der Waals surface area contributed by atoms with E-state index in [9.17, 15) is 4.79 Å². The third-order valence-electron chi connectivity index (χ3n) is 4.48. The van der Waals surface area contributed by atoms with Crippen molar-refractivity contribution >= 4 is 67.3 Å². The first-order valence-corrected chi connectivity index (χ1v) is 10.3. The van der Waals surface area contributed by atoms with Crippen LogP contribution in [0.25, 0.3) is 32.6 Å². The summed E-state index contributed by atoms with van der Waals surface area (Å²) in [5.74, 6) is 0.274. The summed E-state index contributed by atoms with van der Waals surface area (Å²) in [7, 11) is 0. The molecule has 0 atom stereocenters. The number of hydrogen-bond donors (Lipinski definition) is 1. The van der Waals surface area contributed by atoms with Gasteiger partial charge >= 0.3 is 0 Å². The van der Waals surface area contributed by atoms with Crippen molar-refractivity contribution in [2.75, 3.05) is 5.32 Å². The maximum Gasteiger partial charge on any atom is 0.267 e. The van der Waals surface area contributed by atoms with E-state index < -0.39 is 0 Å². The molecule has 5 rings (SSSR count). The molecule has 0 spiro atoms.